The number of nitrogens with zero attached hydrogens (tertiary/aromatic N) is 2. The zero-order valence-corrected chi connectivity index (χ0v) is 11.9. The molecule has 0 saturated carbocycles. The van der Waals surface area contributed by atoms with E-state index in [0.29, 0.717) is 13.1 Å². The molecular formula is C17H22N2O. The second-order valence-electron chi connectivity index (χ2n) is 5.01. The Balaban J connectivity index is 2.22. The van der Waals surface area contributed by atoms with Gasteiger partial charge in [0.1, 0.15) is 6.04 Å². The Hall–Kier alpha value is -2.03. The summed E-state index contributed by atoms with van der Waals surface area (Å²) in [4.78, 5) is 16.6. The minimum Gasteiger partial charge on any atom is -0.356 e. The Morgan fingerprint density at radius 1 is 1.25 bits per heavy atom. The second kappa shape index (κ2) is 6.94. The summed E-state index contributed by atoms with van der Waals surface area (Å²) in [5.41, 5.74) is 1.08. The van der Waals surface area contributed by atoms with Crippen molar-refractivity contribution in [3.63, 3.8) is 0 Å². The van der Waals surface area contributed by atoms with Gasteiger partial charge in [0, 0.05) is 25.3 Å². The summed E-state index contributed by atoms with van der Waals surface area (Å²) in [7, 11) is 0. The third-order valence-corrected chi connectivity index (χ3v) is 3.64. The van der Waals surface area contributed by atoms with Crippen LogP contribution in [0.25, 0.3) is 0 Å². The standard InChI is InChI=1S/C17H22N2O/c1-3-12-18-14-8-11-16(17(18)20)19(13-4-2)15-9-6-5-7-10-15/h3-7,9-10,16H,1-2,8,11-14H2. The van der Waals surface area contributed by atoms with Crippen molar-refractivity contribution in [1.82, 2.24) is 4.90 Å². The molecule has 0 N–H and O–H groups in total. The zero-order valence-electron chi connectivity index (χ0n) is 11.9. The van der Waals surface area contributed by atoms with Gasteiger partial charge in [0.25, 0.3) is 0 Å². The number of hydrogen-bond acceptors (Lipinski definition) is 2. The van der Waals surface area contributed by atoms with E-state index < -0.39 is 0 Å². The molecule has 1 aromatic rings. The Labute approximate surface area is 121 Å². The SMILES string of the molecule is C=CCN1CCCC(N(CC=C)c2ccccc2)C1=O. The van der Waals surface area contributed by atoms with Crippen LogP contribution in [0.5, 0.6) is 0 Å². The number of carbonyl (C=O) groups excluding carboxylic acids is 1. The van der Waals surface area contributed by atoms with Crippen LogP contribution in [0.1, 0.15) is 12.8 Å². The fraction of sp³-hybridized carbons (Fsp3) is 0.353. The summed E-state index contributed by atoms with van der Waals surface area (Å²) in [5, 5.41) is 0. The van der Waals surface area contributed by atoms with Crippen LogP contribution in [-0.4, -0.2) is 36.5 Å². The maximum absolute atomic E-state index is 12.6. The Morgan fingerprint density at radius 2 is 2.00 bits per heavy atom. The lowest BCUT2D eigenvalue weighted by Gasteiger charge is -2.39. The second-order valence-corrected chi connectivity index (χ2v) is 5.01. The number of hydrogen-bond donors (Lipinski definition) is 0. The van der Waals surface area contributed by atoms with Gasteiger partial charge in [-0.1, -0.05) is 30.4 Å². The summed E-state index contributed by atoms with van der Waals surface area (Å²) in [5.74, 6) is 0.196. The zero-order chi connectivity index (χ0) is 14.4. The lowest BCUT2D eigenvalue weighted by atomic mass is 10.0. The maximum atomic E-state index is 12.6. The number of anilines is 1. The minimum absolute atomic E-state index is 0.0934. The van der Waals surface area contributed by atoms with E-state index in [0.717, 1.165) is 25.1 Å². The van der Waals surface area contributed by atoms with Crippen LogP contribution in [0.15, 0.2) is 55.6 Å². The van der Waals surface area contributed by atoms with Crippen molar-refractivity contribution in [1.29, 1.82) is 0 Å². The number of benzene rings is 1. The van der Waals surface area contributed by atoms with Crippen LogP contribution in [0.3, 0.4) is 0 Å². The number of amides is 1. The van der Waals surface area contributed by atoms with E-state index in [4.69, 9.17) is 0 Å². The molecule has 0 aromatic heterocycles. The molecule has 1 atom stereocenters. The fourth-order valence-electron chi connectivity index (χ4n) is 2.72. The first-order chi connectivity index (χ1) is 9.77. The van der Waals surface area contributed by atoms with Crippen molar-refractivity contribution in [2.75, 3.05) is 24.5 Å². The molecule has 20 heavy (non-hydrogen) atoms. The average molecular weight is 270 g/mol. The Kier molecular flexibility index (Phi) is 4.99. The Bertz CT molecular complexity index is 469. The molecule has 1 aromatic carbocycles. The maximum Gasteiger partial charge on any atom is 0.245 e. The molecule has 1 heterocycles. The van der Waals surface area contributed by atoms with Gasteiger partial charge in [0.2, 0.25) is 5.91 Å². The molecule has 0 radical (unpaired) electrons. The molecule has 1 aliphatic rings. The predicted octanol–water partition coefficient (Wildman–Crippen LogP) is 2.86. The number of para-hydroxylation sites is 1. The van der Waals surface area contributed by atoms with Crippen LogP contribution in [0, 0.1) is 0 Å². The third kappa shape index (κ3) is 3.10. The topological polar surface area (TPSA) is 23.6 Å². The highest BCUT2D eigenvalue weighted by atomic mass is 16.2. The first-order valence-electron chi connectivity index (χ1n) is 7.10. The van der Waals surface area contributed by atoms with E-state index in [1.807, 2.05) is 41.3 Å². The van der Waals surface area contributed by atoms with Gasteiger partial charge in [0.05, 0.1) is 0 Å². The van der Waals surface area contributed by atoms with Crippen molar-refractivity contribution in [2.45, 2.75) is 18.9 Å². The van der Waals surface area contributed by atoms with Crippen molar-refractivity contribution in [3.8, 4) is 0 Å². The highest BCUT2D eigenvalue weighted by Gasteiger charge is 2.32. The normalized spacial score (nSPS) is 18.7. The summed E-state index contributed by atoms with van der Waals surface area (Å²) >= 11 is 0. The molecule has 0 spiro atoms. The van der Waals surface area contributed by atoms with E-state index in [9.17, 15) is 4.79 Å². The van der Waals surface area contributed by atoms with E-state index in [1.54, 1.807) is 6.08 Å². The van der Waals surface area contributed by atoms with Crippen LogP contribution in [0.4, 0.5) is 5.69 Å². The van der Waals surface area contributed by atoms with Crippen molar-refractivity contribution >= 4 is 11.6 Å². The third-order valence-electron chi connectivity index (χ3n) is 3.64. The Morgan fingerprint density at radius 3 is 2.65 bits per heavy atom. The molecule has 1 unspecified atom stereocenters. The van der Waals surface area contributed by atoms with Crippen LogP contribution < -0.4 is 4.90 Å². The monoisotopic (exact) mass is 270 g/mol. The van der Waals surface area contributed by atoms with Crippen LogP contribution >= 0.6 is 0 Å². The molecule has 1 amide bonds. The molecule has 0 aliphatic carbocycles. The van der Waals surface area contributed by atoms with Crippen molar-refractivity contribution in [3.05, 3.63) is 55.6 Å². The number of carbonyl (C=O) groups is 1. The minimum atomic E-state index is -0.0934. The van der Waals surface area contributed by atoms with Crippen molar-refractivity contribution in [2.24, 2.45) is 0 Å². The van der Waals surface area contributed by atoms with Gasteiger partial charge in [-0.25, -0.2) is 0 Å². The van der Waals surface area contributed by atoms with Gasteiger partial charge in [-0.15, -0.1) is 13.2 Å². The van der Waals surface area contributed by atoms with E-state index >= 15 is 0 Å². The summed E-state index contributed by atoms with van der Waals surface area (Å²) < 4.78 is 0. The molecular weight excluding hydrogens is 248 g/mol. The fourth-order valence-corrected chi connectivity index (χ4v) is 2.72. The van der Waals surface area contributed by atoms with Crippen molar-refractivity contribution < 1.29 is 4.79 Å². The van der Waals surface area contributed by atoms with Gasteiger partial charge in [0.15, 0.2) is 0 Å². The van der Waals surface area contributed by atoms with Crippen LogP contribution in [0.2, 0.25) is 0 Å². The van der Waals surface area contributed by atoms with Gasteiger partial charge >= 0.3 is 0 Å². The lowest BCUT2D eigenvalue weighted by molar-refractivity contribution is -0.134. The highest BCUT2D eigenvalue weighted by Crippen LogP contribution is 2.23. The van der Waals surface area contributed by atoms with Gasteiger partial charge < -0.3 is 9.80 Å². The average Bonchev–Trinajstić information content (AvgIpc) is 2.49. The predicted molar refractivity (Wildman–Crippen MR) is 83.8 cm³/mol. The smallest absolute Gasteiger partial charge is 0.245 e. The van der Waals surface area contributed by atoms with Gasteiger partial charge in [-0.05, 0) is 25.0 Å². The largest absolute Gasteiger partial charge is 0.356 e. The quantitative estimate of drug-likeness (QED) is 0.742. The van der Waals surface area contributed by atoms with Gasteiger partial charge in [-0.2, -0.15) is 0 Å². The van der Waals surface area contributed by atoms with E-state index in [-0.39, 0.29) is 11.9 Å². The highest BCUT2D eigenvalue weighted by molar-refractivity contribution is 5.86. The number of likely N-dealkylation sites (tertiary alicyclic amines) is 1. The summed E-state index contributed by atoms with van der Waals surface area (Å²) in [6.07, 6.45) is 5.58. The molecule has 3 heteroatoms. The lowest BCUT2D eigenvalue weighted by Crippen LogP contribution is -2.52. The first kappa shape index (κ1) is 14.4. The van der Waals surface area contributed by atoms with Crippen LogP contribution in [-0.2, 0) is 4.79 Å². The number of rotatable bonds is 6. The first-order valence-corrected chi connectivity index (χ1v) is 7.10. The summed E-state index contributed by atoms with van der Waals surface area (Å²) in [6, 6.07) is 9.99. The molecule has 1 fully saturated rings. The molecule has 106 valence electrons. The molecule has 1 aliphatic heterocycles. The van der Waals surface area contributed by atoms with E-state index in [1.165, 1.54) is 0 Å². The molecule has 2 rings (SSSR count). The number of piperidine rings is 1. The molecule has 0 bridgehead atoms. The summed E-state index contributed by atoms with van der Waals surface area (Å²) in [6.45, 7) is 9.69. The molecule has 3 nitrogen and oxygen atoms in total. The van der Waals surface area contributed by atoms with Gasteiger partial charge in [-0.3, -0.25) is 4.79 Å². The van der Waals surface area contributed by atoms with E-state index in [2.05, 4.69) is 18.1 Å². The molecule has 1 saturated heterocycles.